The quantitative estimate of drug-likeness (QED) is 0.680. The zero-order chi connectivity index (χ0) is 15.9. The van der Waals surface area contributed by atoms with Gasteiger partial charge in [0.25, 0.3) is 0 Å². The molecule has 1 amide bonds. The number of nitrogens with zero attached hydrogens (tertiary/aromatic N) is 1. The molecule has 1 N–H and O–H groups in total. The predicted molar refractivity (Wildman–Crippen MR) is 85.5 cm³/mol. The van der Waals surface area contributed by atoms with Crippen molar-refractivity contribution >= 4 is 29.3 Å². The van der Waals surface area contributed by atoms with Crippen molar-refractivity contribution < 1.29 is 14.3 Å². The summed E-state index contributed by atoms with van der Waals surface area (Å²) in [6.45, 7) is 2.34. The van der Waals surface area contributed by atoms with Crippen molar-refractivity contribution in [3.8, 4) is 0 Å². The third-order valence-electron chi connectivity index (χ3n) is 2.87. The van der Waals surface area contributed by atoms with Crippen LogP contribution in [0.25, 0.3) is 6.08 Å². The number of ether oxygens (including phenoxy) is 1. The number of carbonyl (C=O) groups is 2. The number of esters is 1. The van der Waals surface area contributed by atoms with Crippen molar-refractivity contribution in [1.82, 2.24) is 10.3 Å². The molecule has 0 saturated carbocycles. The number of methoxy groups -OCH3 is 1. The van der Waals surface area contributed by atoms with Gasteiger partial charge in [-0.1, -0.05) is 12.1 Å². The average Bonchev–Trinajstić information content (AvgIpc) is 2.96. The highest BCUT2D eigenvalue weighted by Crippen LogP contribution is 2.08. The Bertz CT molecular complexity index is 690. The third-order valence-corrected chi connectivity index (χ3v) is 3.69. The lowest BCUT2D eigenvalue weighted by atomic mass is 10.1. The molecule has 1 heterocycles. The van der Waals surface area contributed by atoms with Crippen LogP contribution in [-0.2, 0) is 16.1 Å². The number of hydrogen-bond acceptors (Lipinski definition) is 5. The molecule has 0 saturated heterocycles. The number of aryl methyl sites for hydroxylation is 1. The first kappa shape index (κ1) is 15.9. The summed E-state index contributed by atoms with van der Waals surface area (Å²) in [4.78, 5) is 27.3. The second-order valence-electron chi connectivity index (χ2n) is 4.52. The Morgan fingerprint density at radius 3 is 2.64 bits per heavy atom. The van der Waals surface area contributed by atoms with Gasteiger partial charge in [0.05, 0.1) is 29.9 Å². The van der Waals surface area contributed by atoms with Crippen LogP contribution in [0, 0.1) is 6.92 Å². The van der Waals surface area contributed by atoms with Gasteiger partial charge in [-0.2, -0.15) is 0 Å². The molecule has 0 bridgehead atoms. The molecule has 6 heteroatoms. The molecule has 114 valence electrons. The van der Waals surface area contributed by atoms with E-state index in [9.17, 15) is 9.59 Å². The molecule has 5 nitrogen and oxygen atoms in total. The Balaban J connectivity index is 1.88. The molecular formula is C16H16N2O3S. The lowest BCUT2D eigenvalue weighted by molar-refractivity contribution is -0.116. The minimum Gasteiger partial charge on any atom is -0.465 e. The van der Waals surface area contributed by atoms with Gasteiger partial charge < -0.3 is 10.1 Å². The standard InChI is InChI=1S/C16H16N2O3S/c1-11-18-14(10-22-11)9-17-15(19)8-5-12-3-6-13(7-4-12)16(20)21-2/h3-8,10H,9H2,1-2H3,(H,17,19)/b8-5+. The van der Waals surface area contributed by atoms with Crippen molar-refractivity contribution in [3.63, 3.8) is 0 Å². The SMILES string of the molecule is COC(=O)c1ccc(/C=C/C(=O)NCc2csc(C)n2)cc1. The molecule has 0 aliphatic carbocycles. The van der Waals surface area contributed by atoms with Crippen molar-refractivity contribution in [1.29, 1.82) is 0 Å². The van der Waals surface area contributed by atoms with E-state index < -0.39 is 0 Å². The van der Waals surface area contributed by atoms with Gasteiger partial charge in [0, 0.05) is 11.5 Å². The van der Waals surface area contributed by atoms with Crippen LogP contribution in [0.15, 0.2) is 35.7 Å². The van der Waals surface area contributed by atoms with Gasteiger partial charge in [-0.25, -0.2) is 9.78 Å². The van der Waals surface area contributed by atoms with Gasteiger partial charge in [-0.3, -0.25) is 4.79 Å². The summed E-state index contributed by atoms with van der Waals surface area (Å²) < 4.78 is 4.62. The van der Waals surface area contributed by atoms with Gasteiger partial charge in [-0.15, -0.1) is 11.3 Å². The minimum absolute atomic E-state index is 0.192. The van der Waals surface area contributed by atoms with Gasteiger partial charge in [-0.05, 0) is 30.7 Å². The van der Waals surface area contributed by atoms with Gasteiger partial charge in [0.1, 0.15) is 0 Å². The van der Waals surface area contributed by atoms with Crippen LogP contribution in [0.5, 0.6) is 0 Å². The molecule has 0 aliphatic heterocycles. The molecule has 1 aromatic carbocycles. The molecule has 0 spiro atoms. The summed E-state index contributed by atoms with van der Waals surface area (Å²) in [5.41, 5.74) is 2.15. The molecule has 0 radical (unpaired) electrons. The Morgan fingerprint density at radius 2 is 2.05 bits per heavy atom. The predicted octanol–water partition coefficient (Wildman–Crippen LogP) is 2.57. The average molecular weight is 316 g/mol. The van der Waals surface area contributed by atoms with Crippen molar-refractivity contribution in [3.05, 3.63) is 57.6 Å². The van der Waals surface area contributed by atoms with Crippen LogP contribution in [0.1, 0.15) is 26.6 Å². The van der Waals surface area contributed by atoms with Crippen LogP contribution in [0.4, 0.5) is 0 Å². The number of hydrogen-bond donors (Lipinski definition) is 1. The van der Waals surface area contributed by atoms with Crippen LogP contribution >= 0.6 is 11.3 Å². The summed E-state index contributed by atoms with van der Waals surface area (Å²) in [6.07, 6.45) is 3.13. The fourth-order valence-corrected chi connectivity index (χ4v) is 2.36. The highest BCUT2D eigenvalue weighted by Gasteiger charge is 2.03. The van der Waals surface area contributed by atoms with Crippen molar-refractivity contribution in [2.75, 3.05) is 7.11 Å². The molecule has 22 heavy (non-hydrogen) atoms. The summed E-state index contributed by atoms with van der Waals surface area (Å²) >= 11 is 1.55. The van der Waals surface area contributed by atoms with E-state index >= 15 is 0 Å². The van der Waals surface area contributed by atoms with Gasteiger partial charge in [0.15, 0.2) is 0 Å². The Kier molecular flexibility index (Phi) is 5.43. The molecule has 0 fully saturated rings. The maximum absolute atomic E-state index is 11.7. The molecule has 2 aromatic rings. The maximum atomic E-state index is 11.7. The summed E-state index contributed by atoms with van der Waals surface area (Å²) in [7, 11) is 1.34. The number of carbonyl (C=O) groups excluding carboxylic acids is 2. The normalized spacial score (nSPS) is 10.6. The lowest BCUT2D eigenvalue weighted by Gasteiger charge is -2.00. The summed E-state index contributed by atoms with van der Waals surface area (Å²) in [5, 5.41) is 5.66. The van der Waals surface area contributed by atoms with Crippen LogP contribution in [-0.4, -0.2) is 24.0 Å². The molecule has 0 unspecified atom stereocenters. The van der Waals surface area contributed by atoms with E-state index in [2.05, 4.69) is 15.0 Å². The van der Waals surface area contributed by atoms with Crippen molar-refractivity contribution in [2.24, 2.45) is 0 Å². The van der Waals surface area contributed by atoms with Crippen LogP contribution < -0.4 is 5.32 Å². The molecule has 2 rings (SSSR count). The molecular weight excluding hydrogens is 300 g/mol. The molecule has 1 aromatic heterocycles. The highest BCUT2D eigenvalue weighted by molar-refractivity contribution is 7.09. The Morgan fingerprint density at radius 1 is 1.32 bits per heavy atom. The minimum atomic E-state index is -0.383. The zero-order valence-corrected chi connectivity index (χ0v) is 13.1. The zero-order valence-electron chi connectivity index (χ0n) is 12.3. The number of rotatable bonds is 5. The monoisotopic (exact) mass is 316 g/mol. The first-order valence-electron chi connectivity index (χ1n) is 6.64. The summed E-state index contributed by atoms with van der Waals surface area (Å²) in [5.74, 6) is -0.575. The number of thiazole rings is 1. The Hall–Kier alpha value is -2.47. The van der Waals surface area contributed by atoms with E-state index in [1.54, 1.807) is 41.7 Å². The second kappa shape index (κ2) is 7.51. The van der Waals surface area contributed by atoms with E-state index in [4.69, 9.17) is 0 Å². The van der Waals surface area contributed by atoms with E-state index in [-0.39, 0.29) is 11.9 Å². The van der Waals surface area contributed by atoms with Crippen LogP contribution in [0.2, 0.25) is 0 Å². The third kappa shape index (κ3) is 4.53. The number of nitrogens with one attached hydrogen (secondary N) is 1. The maximum Gasteiger partial charge on any atom is 0.337 e. The second-order valence-corrected chi connectivity index (χ2v) is 5.58. The number of benzene rings is 1. The highest BCUT2D eigenvalue weighted by atomic mass is 32.1. The first-order valence-corrected chi connectivity index (χ1v) is 7.52. The van der Waals surface area contributed by atoms with E-state index in [0.717, 1.165) is 16.3 Å². The molecule has 0 atom stereocenters. The van der Waals surface area contributed by atoms with E-state index in [1.807, 2.05) is 12.3 Å². The Labute approximate surface area is 132 Å². The smallest absolute Gasteiger partial charge is 0.337 e. The molecule has 0 aliphatic rings. The number of aromatic nitrogens is 1. The first-order chi connectivity index (χ1) is 10.6. The van der Waals surface area contributed by atoms with Gasteiger partial charge >= 0.3 is 5.97 Å². The van der Waals surface area contributed by atoms with Gasteiger partial charge in [0.2, 0.25) is 5.91 Å². The van der Waals surface area contributed by atoms with Crippen LogP contribution in [0.3, 0.4) is 0 Å². The lowest BCUT2D eigenvalue weighted by Crippen LogP contribution is -2.20. The fourth-order valence-electron chi connectivity index (χ4n) is 1.75. The van der Waals surface area contributed by atoms with Crippen molar-refractivity contribution in [2.45, 2.75) is 13.5 Å². The van der Waals surface area contributed by atoms with E-state index in [0.29, 0.717) is 12.1 Å². The largest absolute Gasteiger partial charge is 0.465 e. The number of amides is 1. The summed E-state index contributed by atoms with van der Waals surface area (Å²) in [6, 6.07) is 6.81. The van der Waals surface area contributed by atoms with E-state index in [1.165, 1.54) is 13.2 Å². The topological polar surface area (TPSA) is 68.3 Å². The fraction of sp³-hybridized carbons (Fsp3) is 0.188.